The molecule has 3 rings (SSSR count). The van der Waals surface area contributed by atoms with Gasteiger partial charge in [0, 0.05) is 11.9 Å². The fraction of sp³-hybridized carbons (Fsp3) is 0.143. The molecule has 0 unspecified atom stereocenters. The summed E-state index contributed by atoms with van der Waals surface area (Å²) in [5.74, 6) is 0. The zero-order valence-corrected chi connectivity index (χ0v) is 9.34. The van der Waals surface area contributed by atoms with Gasteiger partial charge in [0.2, 0.25) is 0 Å². The Morgan fingerprint density at radius 3 is 2.82 bits per heavy atom. The summed E-state index contributed by atoms with van der Waals surface area (Å²) < 4.78 is 5.41. The molecule has 1 aromatic carbocycles. The molecule has 0 amide bonds. The largest absolute Gasteiger partial charge is 0.443 e. The minimum Gasteiger partial charge on any atom is -0.443 e. The standard InChI is InChI=1S/C14H12N2O/c1-2-9-15-12(5-1)8-7-11-4-3-6-13-14(11)17-10-16-13/h1-6,9-10H,7-8H2. The van der Waals surface area contributed by atoms with E-state index in [1.54, 1.807) is 0 Å². The lowest BCUT2D eigenvalue weighted by atomic mass is 10.1. The quantitative estimate of drug-likeness (QED) is 0.686. The van der Waals surface area contributed by atoms with E-state index >= 15 is 0 Å². The van der Waals surface area contributed by atoms with E-state index in [0.29, 0.717) is 0 Å². The van der Waals surface area contributed by atoms with Crippen LogP contribution in [0.15, 0.2) is 53.4 Å². The Kier molecular flexibility index (Phi) is 2.58. The molecule has 0 bridgehead atoms. The third-order valence-corrected chi connectivity index (χ3v) is 2.81. The summed E-state index contributed by atoms with van der Waals surface area (Å²) in [6.45, 7) is 0. The Hall–Kier alpha value is -2.16. The van der Waals surface area contributed by atoms with Crippen LogP contribution in [-0.4, -0.2) is 9.97 Å². The third kappa shape index (κ3) is 2.04. The normalized spacial score (nSPS) is 10.8. The molecule has 2 heterocycles. The Labute approximate surface area is 99.1 Å². The topological polar surface area (TPSA) is 38.9 Å². The maximum Gasteiger partial charge on any atom is 0.181 e. The van der Waals surface area contributed by atoms with Crippen molar-refractivity contribution in [3.05, 3.63) is 60.2 Å². The van der Waals surface area contributed by atoms with Crippen LogP contribution in [0.3, 0.4) is 0 Å². The summed E-state index contributed by atoms with van der Waals surface area (Å²) >= 11 is 0. The molecule has 0 aliphatic carbocycles. The van der Waals surface area contributed by atoms with Crippen molar-refractivity contribution in [1.29, 1.82) is 0 Å². The number of rotatable bonds is 3. The van der Waals surface area contributed by atoms with Gasteiger partial charge in [0.15, 0.2) is 12.0 Å². The van der Waals surface area contributed by atoms with Crippen LogP contribution >= 0.6 is 0 Å². The van der Waals surface area contributed by atoms with Gasteiger partial charge >= 0.3 is 0 Å². The molecule has 0 atom stereocenters. The fourth-order valence-corrected chi connectivity index (χ4v) is 1.95. The molecule has 0 aliphatic rings. The predicted octanol–water partition coefficient (Wildman–Crippen LogP) is 3.01. The predicted molar refractivity (Wildman–Crippen MR) is 65.7 cm³/mol. The zero-order valence-electron chi connectivity index (χ0n) is 9.34. The molecule has 0 saturated heterocycles. The number of aromatic nitrogens is 2. The molecule has 0 aliphatic heterocycles. The molecule has 3 heteroatoms. The van der Waals surface area contributed by atoms with Gasteiger partial charge < -0.3 is 4.42 Å². The van der Waals surface area contributed by atoms with E-state index in [2.05, 4.69) is 16.0 Å². The molecule has 17 heavy (non-hydrogen) atoms. The van der Waals surface area contributed by atoms with Crippen LogP contribution in [0.5, 0.6) is 0 Å². The van der Waals surface area contributed by atoms with E-state index in [1.807, 2.05) is 36.5 Å². The molecule has 84 valence electrons. The summed E-state index contributed by atoms with van der Waals surface area (Å²) in [4.78, 5) is 8.47. The molecular formula is C14H12N2O. The molecule has 0 saturated carbocycles. The Bertz CT molecular complexity index is 616. The summed E-state index contributed by atoms with van der Waals surface area (Å²) in [6, 6.07) is 12.0. The highest BCUT2D eigenvalue weighted by molar-refractivity contribution is 5.75. The number of para-hydroxylation sites is 1. The first-order valence-electron chi connectivity index (χ1n) is 5.64. The van der Waals surface area contributed by atoms with E-state index in [9.17, 15) is 0 Å². The van der Waals surface area contributed by atoms with Crippen LogP contribution < -0.4 is 0 Å². The molecule has 0 fully saturated rings. The number of pyridine rings is 1. The zero-order chi connectivity index (χ0) is 11.5. The number of fused-ring (bicyclic) bond motifs is 1. The van der Waals surface area contributed by atoms with Crippen LogP contribution in [0.1, 0.15) is 11.3 Å². The highest BCUT2D eigenvalue weighted by Crippen LogP contribution is 2.18. The Balaban J connectivity index is 1.84. The Morgan fingerprint density at radius 1 is 0.941 bits per heavy atom. The first kappa shape index (κ1) is 10.0. The lowest BCUT2D eigenvalue weighted by Gasteiger charge is -2.01. The number of aryl methyl sites for hydroxylation is 2. The average Bonchev–Trinajstić information content (AvgIpc) is 2.86. The molecule has 0 radical (unpaired) electrons. The fourth-order valence-electron chi connectivity index (χ4n) is 1.95. The van der Waals surface area contributed by atoms with Crippen LogP contribution in [0, 0.1) is 0 Å². The SMILES string of the molecule is c1ccc(CCc2cccc3ncoc23)nc1. The first-order valence-corrected chi connectivity index (χ1v) is 5.64. The number of benzene rings is 1. The van der Waals surface area contributed by atoms with Crippen molar-refractivity contribution < 1.29 is 4.42 Å². The maximum absolute atomic E-state index is 5.41. The van der Waals surface area contributed by atoms with E-state index in [-0.39, 0.29) is 0 Å². The summed E-state index contributed by atoms with van der Waals surface area (Å²) in [6.07, 6.45) is 5.16. The van der Waals surface area contributed by atoms with E-state index < -0.39 is 0 Å². The minimum absolute atomic E-state index is 0.892. The van der Waals surface area contributed by atoms with Gasteiger partial charge in [-0.2, -0.15) is 0 Å². The van der Waals surface area contributed by atoms with Gasteiger partial charge in [-0.3, -0.25) is 4.98 Å². The smallest absolute Gasteiger partial charge is 0.181 e. The third-order valence-electron chi connectivity index (χ3n) is 2.81. The van der Waals surface area contributed by atoms with E-state index in [4.69, 9.17) is 4.42 Å². The lowest BCUT2D eigenvalue weighted by Crippen LogP contribution is -1.94. The van der Waals surface area contributed by atoms with Gasteiger partial charge in [-0.15, -0.1) is 0 Å². The molecular weight excluding hydrogens is 212 g/mol. The summed E-state index contributed by atoms with van der Waals surface area (Å²) in [7, 11) is 0. The summed E-state index contributed by atoms with van der Waals surface area (Å²) in [5, 5.41) is 0. The number of oxazole rings is 1. The van der Waals surface area contributed by atoms with Gasteiger partial charge in [-0.1, -0.05) is 18.2 Å². The summed E-state index contributed by atoms with van der Waals surface area (Å²) in [5.41, 5.74) is 4.10. The van der Waals surface area contributed by atoms with Crippen molar-refractivity contribution in [3.8, 4) is 0 Å². The number of hydrogen-bond acceptors (Lipinski definition) is 3. The maximum atomic E-state index is 5.41. The number of nitrogens with zero attached hydrogens (tertiary/aromatic N) is 2. The monoisotopic (exact) mass is 224 g/mol. The van der Waals surface area contributed by atoms with Crippen LogP contribution in [0.2, 0.25) is 0 Å². The second-order valence-electron chi connectivity index (χ2n) is 3.94. The van der Waals surface area contributed by atoms with Crippen LogP contribution in [-0.2, 0) is 12.8 Å². The molecule has 0 N–H and O–H groups in total. The van der Waals surface area contributed by atoms with Gasteiger partial charge in [0.25, 0.3) is 0 Å². The van der Waals surface area contributed by atoms with Gasteiger partial charge in [0.05, 0.1) is 0 Å². The van der Waals surface area contributed by atoms with Crippen molar-refractivity contribution in [3.63, 3.8) is 0 Å². The van der Waals surface area contributed by atoms with Gasteiger partial charge in [-0.05, 0) is 36.6 Å². The highest BCUT2D eigenvalue weighted by atomic mass is 16.3. The lowest BCUT2D eigenvalue weighted by molar-refractivity contribution is 0.597. The average molecular weight is 224 g/mol. The molecule has 3 nitrogen and oxygen atoms in total. The van der Waals surface area contributed by atoms with Gasteiger partial charge in [-0.25, -0.2) is 4.98 Å². The van der Waals surface area contributed by atoms with Crippen molar-refractivity contribution in [1.82, 2.24) is 9.97 Å². The van der Waals surface area contributed by atoms with E-state index in [1.165, 1.54) is 12.0 Å². The van der Waals surface area contributed by atoms with E-state index in [0.717, 1.165) is 29.6 Å². The van der Waals surface area contributed by atoms with Gasteiger partial charge in [0.1, 0.15) is 5.52 Å². The second-order valence-corrected chi connectivity index (χ2v) is 3.94. The van der Waals surface area contributed by atoms with Crippen LogP contribution in [0.25, 0.3) is 11.1 Å². The van der Waals surface area contributed by atoms with Crippen molar-refractivity contribution in [2.24, 2.45) is 0 Å². The van der Waals surface area contributed by atoms with Crippen molar-refractivity contribution in [2.75, 3.05) is 0 Å². The Morgan fingerprint density at radius 2 is 1.94 bits per heavy atom. The van der Waals surface area contributed by atoms with Crippen LogP contribution in [0.4, 0.5) is 0 Å². The van der Waals surface area contributed by atoms with Crippen molar-refractivity contribution in [2.45, 2.75) is 12.8 Å². The molecule has 3 aromatic rings. The minimum atomic E-state index is 0.892. The molecule has 0 spiro atoms. The molecule has 2 aromatic heterocycles. The first-order chi connectivity index (χ1) is 8.43. The van der Waals surface area contributed by atoms with Crippen molar-refractivity contribution >= 4 is 11.1 Å². The number of hydrogen-bond donors (Lipinski definition) is 0. The second kappa shape index (κ2) is 4.37. The highest BCUT2D eigenvalue weighted by Gasteiger charge is 2.05.